The van der Waals surface area contributed by atoms with E-state index in [0.29, 0.717) is 6.54 Å². The molecule has 0 bridgehead atoms. The highest BCUT2D eigenvalue weighted by atomic mass is 79.9. The zero-order valence-corrected chi connectivity index (χ0v) is 14.5. The average Bonchev–Trinajstić information content (AvgIpc) is 3.03. The summed E-state index contributed by atoms with van der Waals surface area (Å²) in [7, 11) is 0. The molecular formula is C18H16BrN4O. The van der Waals surface area contributed by atoms with Gasteiger partial charge in [0.25, 0.3) is 0 Å². The van der Waals surface area contributed by atoms with Gasteiger partial charge in [-0.25, -0.2) is 4.98 Å². The van der Waals surface area contributed by atoms with Crippen LogP contribution in [0, 0.1) is 6.07 Å². The normalized spacial score (nSPS) is 17.4. The minimum atomic E-state index is -0.249. The molecule has 5 nitrogen and oxygen atoms in total. The number of anilines is 3. The molecule has 121 valence electrons. The van der Waals surface area contributed by atoms with Crippen molar-refractivity contribution in [2.75, 3.05) is 23.3 Å². The van der Waals surface area contributed by atoms with Crippen LogP contribution in [0.5, 0.6) is 0 Å². The summed E-state index contributed by atoms with van der Waals surface area (Å²) in [6.07, 6.45) is 4.03. The van der Waals surface area contributed by atoms with Crippen molar-refractivity contribution in [2.45, 2.75) is 12.5 Å². The molecule has 24 heavy (non-hydrogen) atoms. The molecule has 0 spiro atoms. The molecule has 0 amide bonds. The molecule has 1 unspecified atom stereocenters. The van der Waals surface area contributed by atoms with Crippen LogP contribution in [0.4, 0.5) is 17.2 Å². The minimum absolute atomic E-state index is 0.249. The number of pyridine rings is 2. The van der Waals surface area contributed by atoms with Crippen LogP contribution in [0.2, 0.25) is 0 Å². The number of fused-ring (bicyclic) bond motifs is 1. The summed E-state index contributed by atoms with van der Waals surface area (Å²) in [4.78, 5) is 10.9. The molecule has 1 saturated heterocycles. The predicted molar refractivity (Wildman–Crippen MR) is 98.6 cm³/mol. The maximum atomic E-state index is 9.64. The Kier molecular flexibility index (Phi) is 4.08. The number of aliphatic hydroxyl groups excluding tert-OH is 1. The fourth-order valence-electron chi connectivity index (χ4n) is 2.91. The number of rotatable bonds is 3. The second kappa shape index (κ2) is 6.37. The van der Waals surface area contributed by atoms with E-state index in [4.69, 9.17) is 0 Å². The van der Waals surface area contributed by atoms with Crippen LogP contribution in [-0.2, 0) is 0 Å². The van der Waals surface area contributed by atoms with Crippen LogP contribution < -0.4 is 10.2 Å². The number of aromatic nitrogens is 2. The van der Waals surface area contributed by atoms with Gasteiger partial charge in [-0.15, -0.1) is 0 Å². The Labute approximate surface area is 148 Å². The van der Waals surface area contributed by atoms with Crippen LogP contribution in [-0.4, -0.2) is 34.3 Å². The zero-order chi connectivity index (χ0) is 16.5. The lowest BCUT2D eigenvalue weighted by Crippen LogP contribution is -2.22. The zero-order valence-electron chi connectivity index (χ0n) is 12.9. The van der Waals surface area contributed by atoms with Crippen LogP contribution in [0.1, 0.15) is 6.42 Å². The number of aliphatic hydroxyl groups is 1. The summed E-state index contributed by atoms with van der Waals surface area (Å²) in [6, 6.07) is 13.1. The van der Waals surface area contributed by atoms with Crippen LogP contribution >= 0.6 is 15.9 Å². The number of benzene rings is 1. The van der Waals surface area contributed by atoms with E-state index in [2.05, 4.69) is 42.2 Å². The van der Waals surface area contributed by atoms with E-state index in [0.717, 1.165) is 45.5 Å². The Morgan fingerprint density at radius 3 is 2.92 bits per heavy atom. The van der Waals surface area contributed by atoms with Gasteiger partial charge in [0.15, 0.2) is 0 Å². The van der Waals surface area contributed by atoms with Gasteiger partial charge in [0.2, 0.25) is 0 Å². The van der Waals surface area contributed by atoms with E-state index >= 15 is 0 Å². The van der Waals surface area contributed by atoms with Crippen molar-refractivity contribution in [3.8, 4) is 0 Å². The molecule has 1 fully saturated rings. The summed E-state index contributed by atoms with van der Waals surface area (Å²) < 4.78 is 1.00. The smallest absolute Gasteiger partial charge is 0.128 e. The average molecular weight is 384 g/mol. The topological polar surface area (TPSA) is 61.3 Å². The van der Waals surface area contributed by atoms with Crippen molar-refractivity contribution >= 4 is 44.0 Å². The van der Waals surface area contributed by atoms with Crippen LogP contribution in [0.3, 0.4) is 0 Å². The summed E-state index contributed by atoms with van der Waals surface area (Å²) >= 11 is 3.50. The van der Waals surface area contributed by atoms with Gasteiger partial charge in [-0.2, -0.15) is 0 Å². The van der Waals surface area contributed by atoms with Crippen molar-refractivity contribution in [3.05, 3.63) is 53.3 Å². The maximum absolute atomic E-state index is 9.64. The summed E-state index contributed by atoms with van der Waals surface area (Å²) in [5.74, 6) is 0.892. The monoisotopic (exact) mass is 383 g/mol. The van der Waals surface area contributed by atoms with E-state index in [1.807, 2.05) is 30.3 Å². The Morgan fingerprint density at radius 2 is 2.17 bits per heavy atom. The summed E-state index contributed by atoms with van der Waals surface area (Å²) in [5.41, 5.74) is 2.67. The number of hydrogen-bond donors (Lipinski definition) is 2. The third kappa shape index (κ3) is 3.07. The highest BCUT2D eigenvalue weighted by Crippen LogP contribution is 2.28. The molecule has 1 aromatic carbocycles. The van der Waals surface area contributed by atoms with Gasteiger partial charge in [-0.05, 0) is 36.8 Å². The highest BCUT2D eigenvalue weighted by molar-refractivity contribution is 9.10. The molecule has 6 heteroatoms. The predicted octanol–water partition coefficient (Wildman–Crippen LogP) is 3.51. The molecule has 1 atom stereocenters. The maximum Gasteiger partial charge on any atom is 0.128 e. The van der Waals surface area contributed by atoms with Gasteiger partial charge < -0.3 is 15.3 Å². The highest BCUT2D eigenvalue weighted by Gasteiger charge is 2.21. The standard InChI is InChI=1S/C18H16BrN4O/c19-12-1-3-16-15(9-12)17(5-7-20-16)22-13-2-4-18(21-10-13)23-8-6-14(24)11-23/h1-4,7,9-10,14,24H,6,8,11H2,(H,20,22). The molecule has 3 heterocycles. The third-order valence-corrected chi connectivity index (χ3v) is 4.64. The fourth-order valence-corrected chi connectivity index (χ4v) is 3.27. The molecule has 2 N–H and O–H groups in total. The van der Waals surface area contributed by atoms with E-state index in [9.17, 15) is 5.11 Å². The SMILES string of the molecule is OC1CCN(c2ccc(Nc3[c]cnc4ccc(Br)cc34)cn2)C1. The number of nitrogens with one attached hydrogen (secondary N) is 1. The van der Waals surface area contributed by atoms with Crippen molar-refractivity contribution in [1.29, 1.82) is 0 Å². The molecule has 1 radical (unpaired) electrons. The lowest BCUT2D eigenvalue weighted by molar-refractivity contribution is 0.198. The number of β-amino-alcohol motifs (C(OH)–C–C–N with tert-alkyl or cyclic N) is 1. The number of halogens is 1. The second-order valence-corrected chi connectivity index (χ2v) is 6.77. The first-order valence-corrected chi connectivity index (χ1v) is 8.60. The third-order valence-electron chi connectivity index (χ3n) is 4.15. The molecule has 1 aliphatic heterocycles. The van der Waals surface area contributed by atoms with Gasteiger partial charge in [0.05, 0.1) is 29.2 Å². The molecule has 0 aliphatic carbocycles. The molecule has 3 aromatic rings. The van der Waals surface area contributed by atoms with E-state index in [1.54, 1.807) is 12.4 Å². The lowest BCUT2D eigenvalue weighted by Gasteiger charge is -2.17. The van der Waals surface area contributed by atoms with Gasteiger partial charge in [-0.1, -0.05) is 15.9 Å². The molecule has 2 aromatic heterocycles. The van der Waals surface area contributed by atoms with E-state index in [1.165, 1.54) is 0 Å². The lowest BCUT2D eigenvalue weighted by atomic mass is 10.2. The van der Waals surface area contributed by atoms with Crippen LogP contribution in [0.25, 0.3) is 10.9 Å². The van der Waals surface area contributed by atoms with Crippen LogP contribution in [0.15, 0.2) is 47.2 Å². The summed E-state index contributed by atoms with van der Waals surface area (Å²) in [5, 5.41) is 14.0. The van der Waals surface area contributed by atoms with Crippen molar-refractivity contribution in [1.82, 2.24) is 9.97 Å². The second-order valence-electron chi connectivity index (χ2n) is 5.86. The Balaban J connectivity index is 1.58. The number of nitrogens with zero attached hydrogens (tertiary/aromatic N) is 3. The number of hydrogen-bond acceptors (Lipinski definition) is 5. The van der Waals surface area contributed by atoms with Crippen molar-refractivity contribution in [3.63, 3.8) is 0 Å². The first-order chi connectivity index (χ1) is 11.7. The molecule has 4 rings (SSSR count). The van der Waals surface area contributed by atoms with Crippen molar-refractivity contribution in [2.24, 2.45) is 0 Å². The van der Waals surface area contributed by atoms with Gasteiger partial charge in [0, 0.05) is 35.2 Å². The van der Waals surface area contributed by atoms with Gasteiger partial charge in [0.1, 0.15) is 5.82 Å². The largest absolute Gasteiger partial charge is 0.391 e. The fraction of sp³-hybridized carbons (Fsp3) is 0.222. The Hall–Kier alpha value is -2.18. The van der Waals surface area contributed by atoms with E-state index < -0.39 is 0 Å². The summed E-state index contributed by atoms with van der Waals surface area (Å²) in [6.45, 7) is 1.49. The minimum Gasteiger partial charge on any atom is -0.391 e. The van der Waals surface area contributed by atoms with Gasteiger partial charge in [-0.3, -0.25) is 4.98 Å². The molecule has 1 aliphatic rings. The molecule has 0 saturated carbocycles. The van der Waals surface area contributed by atoms with Gasteiger partial charge >= 0.3 is 0 Å². The Bertz CT molecular complexity index is 869. The first kappa shape index (κ1) is 15.4. The quantitative estimate of drug-likeness (QED) is 0.724. The Morgan fingerprint density at radius 1 is 1.25 bits per heavy atom. The first-order valence-electron chi connectivity index (χ1n) is 7.81. The molecular weight excluding hydrogens is 368 g/mol. The van der Waals surface area contributed by atoms with Crippen molar-refractivity contribution < 1.29 is 5.11 Å². The van der Waals surface area contributed by atoms with E-state index in [-0.39, 0.29) is 6.10 Å².